The minimum atomic E-state index is -0.558. The van der Waals surface area contributed by atoms with Gasteiger partial charge in [0.15, 0.2) is 0 Å². The first-order valence-corrected chi connectivity index (χ1v) is 7.07. The summed E-state index contributed by atoms with van der Waals surface area (Å²) in [5, 5.41) is 2.77. The number of rotatable bonds is 7. The van der Waals surface area contributed by atoms with Crippen molar-refractivity contribution in [1.82, 2.24) is 0 Å². The highest BCUT2D eigenvalue weighted by Crippen LogP contribution is 2.12. The molecule has 0 bridgehead atoms. The third-order valence-corrected chi connectivity index (χ3v) is 3.22. The lowest BCUT2D eigenvalue weighted by atomic mass is 10.1. The van der Waals surface area contributed by atoms with Gasteiger partial charge in [-0.1, -0.05) is 31.9 Å². The number of hydrogen-bond acceptors (Lipinski definition) is 3. The number of amides is 1. The Bertz CT molecular complexity index is 365. The van der Waals surface area contributed by atoms with Crippen LogP contribution in [0.4, 0.5) is 5.69 Å². The van der Waals surface area contributed by atoms with Gasteiger partial charge in [0.25, 0.3) is 0 Å². The number of nitrogens with one attached hydrogen (secondary N) is 1. The minimum Gasteiger partial charge on any atom is -0.325 e. The molecular formula is C14H22N2OS. The van der Waals surface area contributed by atoms with Crippen molar-refractivity contribution < 1.29 is 4.79 Å². The van der Waals surface area contributed by atoms with E-state index in [4.69, 9.17) is 5.73 Å². The first kappa shape index (κ1) is 15.1. The highest BCUT2D eigenvalue weighted by Gasteiger charge is 2.10. The summed E-state index contributed by atoms with van der Waals surface area (Å²) < 4.78 is 0. The Morgan fingerprint density at radius 2 is 2.00 bits per heavy atom. The highest BCUT2D eigenvalue weighted by molar-refractivity contribution is 7.80. The topological polar surface area (TPSA) is 55.1 Å². The Balaban J connectivity index is 2.47. The van der Waals surface area contributed by atoms with Crippen LogP contribution in [0.3, 0.4) is 0 Å². The quantitative estimate of drug-likeness (QED) is 0.525. The Kier molecular flexibility index (Phi) is 6.83. The zero-order valence-corrected chi connectivity index (χ0v) is 11.7. The van der Waals surface area contributed by atoms with Crippen molar-refractivity contribution in [2.75, 3.05) is 11.1 Å². The van der Waals surface area contributed by atoms with Gasteiger partial charge in [0.1, 0.15) is 0 Å². The molecule has 0 aliphatic heterocycles. The van der Waals surface area contributed by atoms with Gasteiger partial charge in [-0.2, -0.15) is 12.6 Å². The van der Waals surface area contributed by atoms with Crippen LogP contribution in [-0.4, -0.2) is 17.7 Å². The molecule has 3 N–H and O–H groups in total. The van der Waals surface area contributed by atoms with Crippen LogP contribution in [0.25, 0.3) is 0 Å². The molecule has 100 valence electrons. The normalized spacial score (nSPS) is 12.2. The molecule has 0 aliphatic rings. The summed E-state index contributed by atoms with van der Waals surface area (Å²) in [6.07, 6.45) is 4.80. The van der Waals surface area contributed by atoms with Crippen molar-refractivity contribution >= 4 is 24.2 Å². The number of nitrogens with two attached hydrogens (primary N) is 1. The first-order chi connectivity index (χ1) is 8.67. The highest BCUT2D eigenvalue weighted by atomic mass is 32.1. The van der Waals surface area contributed by atoms with Crippen molar-refractivity contribution in [2.45, 2.75) is 38.6 Å². The number of hydrogen-bond donors (Lipinski definition) is 3. The molecular weight excluding hydrogens is 244 g/mol. The van der Waals surface area contributed by atoms with Crippen LogP contribution in [0.15, 0.2) is 24.3 Å². The average molecular weight is 266 g/mol. The number of aryl methyl sites for hydroxylation is 1. The van der Waals surface area contributed by atoms with Gasteiger partial charge in [0.05, 0.1) is 6.04 Å². The molecule has 0 spiro atoms. The summed E-state index contributed by atoms with van der Waals surface area (Å²) in [6, 6.07) is 7.39. The van der Waals surface area contributed by atoms with Gasteiger partial charge in [-0.25, -0.2) is 0 Å². The Hall–Kier alpha value is -1.00. The Morgan fingerprint density at radius 1 is 1.33 bits per heavy atom. The predicted molar refractivity (Wildman–Crippen MR) is 80.1 cm³/mol. The van der Waals surface area contributed by atoms with Crippen molar-refractivity contribution in [3.8, 4) is 0 Å². The summed E-state index contributed by atoms with van der Waals surface area (Å²) in [4.78, 5) is 11.6. The summed E-state index contributed by atoms with van der Waals surface area (Å²) in [5.74, 6) is 0.157. The smallest absolute Gasteiger partial charge is 0.242 e. The zero-order valence-electron chi connectivity index (χ0n) is 10.9. The number of benzene rings is 1. The molecule has 0 heterocycles. The summed E-state index contributed by atoms with van der Waals surface area (Å²) in [5.41, 5.74) is 7.68. The number of anilines is 1. The molecule has 1 amide bonds. The fraction of sp³-hybridized carbons (Fsp3) is 0.500. The van der Waals surface area contributed by atoms with E-state index in [0.717, 1.165) is 12.1 Å². The van der Waals surface area contributed by atoms with Gasteiger partial charge in [0, 0.05) is 11.4 Å². The molecule has 0 saturated carbocycles. The van der Waals surface area contributed by atoms with E-state index >= 15 is 0 Å². The van der Waals surface area contributed by atoms with Gasteiger partial charge < -0.3 is 11.1 Å². The number of carbonyl (C=O) groups is 1. The standard InChI is InChI=1S/C14H22N2OS/c1-2-3-4-5-11-6-8-12(9-7-11)16-14(17)13(15)10-18/h6-9,13,18H,2-5,10,15H2,1H3,(H,16,17)/t13-/m0/s1. The fourth-order valence-corrected chi connectivity index (χ4v) is 1.82. The molecule has 1 atom stereocenters. The van der Waals surface area contributed by atoms with Crippen LogP contribution in [0.5, 0.6) is 0 Å². The van der Waals surface area contributed by atoms with E-state index < -0.39 is 6.04 Å². The van der Waals surface area contributed by atoms with E-state index in [1.54, 1.807) is 0 Å². The molecule has 0 aromatic heterocycles. The lowest BCUT2D eigenvalue weighted by molar-refractivity contribution is -0.116. The lowest BCUT2D eigenvalue weighted by Gasteiger charge is -2.10. The molecule has 0 saturated heterocycles. The maximum Gasteiger partial charge on any atom is 0.242 e. The zero-order chi connectivity index (χ0) is 13.4. The monoisotopic (exact) mass is 266 g/mol. The van der Waals surface area contributed by atoms with Crippen molar-refractivity contribution in [3.63, 3.8) is 0 Å². The molecule has 0 aliphatic carbocycles. The van der Waals surface area contributed by atoms with Crippen molar-refractivity contribution in [1.29, 1.82) is 0 Å². The number of carbonyl (C=O) groups excluding carboxylic acids is 1. The maximum atomic E-state index is 11.6. The third kappa shape index (κ3) is 5.10. The van der Waals surface area contributed by atoms with Crippen molar-refractivity contribution in [2.24, 2.45) is 5.73 Å². The SMILES string of the molecule is CCCCCc1ccc(NC(=O)[C@@H](N)CS)cc1. The number of thiol groups is 1. The molecule has 4 heteroatoms. The van der Waals surface area contributed by atoms with Crippen molar-refractivity contribution in [3.05, 3.63) is 29.8 Å². The van der Waals surface area contributed by atoms with Gasteiger partial charge in [0.2, 0.25) is 5.91 Å². The number of unbranched alkanes of at least 4 members (excludes halogenated alkanes) is 2. The molecule has 1 rings (SSSR count). The Labute approximate surface area is 115 Å². The second kappa shape index (κ2) is 8.16. The molecule has 3 nitrogen and oxygen atoms in total. The molecule has 0 radical (unpaired) electrons. The fourth-order valence-electron chi connectivity index (χ4n) is 1.65. The predicted octanol–water partition coefficient (Wildman–Crippen LogP) is 2.61. The maximum absolute atomic E-state index is 11.6. The third-order valence-electron chi connectivity index (χ3n) is 2.82. The summed E-state index contributed by atoms with van der Waals surface area (Å²) in [7, 11) is 0. The second-order valence-electron chi connectivity index (χ2n) is 4.43. The molecule has 0 unspecified atom stereocenters. The average Bonchev–Trinajstić information content (AvgIpc) is 2.40. The van der Waals surface area contributed by atoms with Gasteiger partial charge in [-0.15, -0.1) is 0 Å². The second-order valence-corrected chi connectivity index (χ2v) is 4.80. The summed E-state index contributed by atoms with van der Waals surface area (Å²) in [6.45, 7) is 2.20. The van der Waals surface area contributed by atoms with E-state index in [1.165, 1.54) is 24.8 Å². The van der Waals surface area contributed by atoms with Crippen LogP contribution < -0.4 is 11.1 Å². The first-order valence-electron chi connectivity index (χ1n) is 6.43. The molecule has 1 aromatic rings. The van der Waals surface area contributed by atoms with Crippen LogP contribution in [0.1, 0.15) is 31.7 Å². The largest absolute Gasteiger partial charge is 0.325 e. The summed E-state index contributed by atoms with van der Waals surface area (Å²) >= 11 is 4.00. The van der Waals surface area contributed by atoms with Crippen LogP contribution in [0, 0.1) is 0 Å². The van der Waals surface area contributed by atoms with E-state index in [-0.39, 0.29) is 5.91 Å². The van der Waals surface area contributed by atoms with Gasteiger partial charge >= 0.3 is 0 Å². The van der Waals surface area contributed by atoms with E-state index in [0.29, 0.717) is 5.75 Å². The van der Waals surface area contributed by atoms with Crippen LogP contribution >= 0.6 is 12.6 Å². The Morgan fingerprint density at radius 3 is 2.56 bits per heavy atom. The molecule has 1 aromatic carbocycles. The lowest BCUT2D eigenvalue weighted by Crippen LogP contribution is -2.37. The molecule has 0 fully saturated rings. The van der Waals surface area contributed by atoms with Gasteiger partial charge in [-0.3, -0.25) is 4.79 Å². The van der Waals surface area contributed by atoms with E-state index in [1.807, 2.05) is 12.1 Å². The minimum absolute atomic E-state index is 0.191. The molecule has 18 heavy (non-hydrogen) atoms. The van der Waals surface area contributed by atoms with Crippen LogP contribution in [0.2, 0.25) is 0 Å². The van der Waals surface area contributed by atoms with Crippen LogP contribution in [-0.2, 0) is 11.2 Å². The van der Waals surface area contributed by atoms with E-state index in [2.05, 4.69) is 37.0 Å². The van der Waals surface area contributed by atoms with E-state index in [9.17, 15) is 4.79 Å². The van der Waals surface area contributed by atoms with Gasteiger partial charge in [-0.05, 0) is 30.5 Å².